The van der Waals surface area contributed by atoms with Gasteiger partial charge in [-0.15, -0.1) is 0 Å². The van der Waals surface area contributed by atoms with Crippen molar-refractivity contribution in [1.29, 1.82) is 0 Å². The predicted octanol–water partition coefficient (Wildman–Crippen LogP) is 3.05. The number of carbonyl (C=O) groups is 2. The summed E-state index contributed by atoms with van der Waals surface area (Å²) >= 11 is 0. The summed E-state index contributed by atoms with van der Waals surface area (Å²) in [5.74, 6) is -0.336. The van der Waals surface area contributed by atoms with Crippen LogP contribution in [0.5, 0.6) is 0 Å². The second-order valence-electron chi connectivity index (χ2n) is 5.91. The molecule has 1 fully saturated rings. The highest BCUT2D eigenvalue weighted by atomic mass is 16.6. The normalized spacial score (nSPS) is 24.2. The van der Waals surface area contributed by atoms with E-state index in [-0.39, 0.29) is 30.8 Å². The molecule has 3 rings (SSSR count). The van der Waals surface area contributed by atoms with Gasteiger partial charge in [0.25, 0.3) is 0 Å². The fourth-order valence-electron chi connectivity index (χ4n) is 3.10. The minimum Gasteiger partial charge on any atom is -0.453 e. The molecule has 1 aromatic rings. The number of rotatable bonds is 3. The molecule has 0 spiro atoms. The number of hydrogen-bond acceptors (Lipinski definition) is 4. The van der Waals surface area contributed by atoms with E-state index >= 15 is 0 Å². The maximum absolute atomic E-state index is 12.5. The molecule has 2 aliphatic heterocycles. The number of benzene rings is 1. The van der Waals surface area contributed by atoms with Gasteiger partial charge in [0.2, 0.25) is 0 Å². The van der Waals surface area contributed by atoms with Gasteiger partial charge in [0.1, 0.15) is 12.7 Å². The van der Waals surface area contributed by atoms with Crippen LogP contribution in [0.1, 0.15) is 31.2 Å². The second-order valence-corrected chi connectivity index (χ2v) is 5.91. The first-order valence-electron chi connectivity index (χ1n) is 8.10. The van der Waals surface area contributed by atoms with Crippen LogP contribution < -0.4 is 0 Å². The lowest BCUT2D eigenvalue weighted by Crippen LogP contribution is -2.46. The van der Waals surface area contributed by atoms with Gasteiger partial charge < -0.3 is 14.4 Å². The minimum atomic E-state index is -0.357. The largest absolute Gasteiger partial charge is 0.453 e. The Bertz CT molecular complexity index is 584. The number of esters is 1. The Labute approximate surface area is 135 Å². The lowest BCUT2D eigenvalue weighted by molar-refractivity contribution is -0.141. The van der Waals surface area contributed by atoms with E-state index in [1.165, 1.54) is 6.08 Å². The monoisotopic (exact) mass is 315 g/mol. The van der Waals surface area contributed by atoms with Crippen LogP contribution in [0.15, 0.2) is 42.5 Å². The Morgan fingerprint density at radius 2 is 2.04 bits per heavy atom. The molecule has 2 aliphatic rings. The number of amides is 1. The number of likely N-dealkylation sites (tertiary alicyclic amines) is 1. The number of cyclic esters (lactones) is 1. The van der Waals surface area contributed by atoms with E-state index in [9.17, 15) is 9.59 Å². The Kier molecular flexibility index (Phi) is 4.95. The summed E-state index contributed by atoms with van der Waals surface area (Å²) in [5.41, 5.74) is 0.958. The Hall–Kier alpha value is -2.30. The first-order valence-corrected chi connectivity index (χ1v) is 8.10. The summed E-state index contributed by atoms with van der Waals surface area (Å²) in [5, 5.41) is 0. The van der Waals surface area contributed by atoms with E-state index in [0.29, 0.717) is 6.54 Å². The number of hydrogen-bond donors (Lipinski definition) is 0. The van der Waals surface area contributed by atoms with E-state index in [1.807, 2.05) is 30.3 Å². The molecular formula is C18H21NO4. The quantitative estimate of drug-likeness (QED) is 0.805. The van der Waals surface area contributed by atoms with Crippen molar-refractivity contribution in [3.05, 3.63) is 48.0 Å². The molecule has 2 heterocycles. The van der Waals surface area contributed by atoms with Gasteiger partial charge in [0.15, 0.2) is 0 Å². The van der Waals surface area contributed by atoms with Crippen LogP contribution in [0.25, 0.3) is 0 Å². The van der Waals surface area contributed by atoms with Gasteiger partial charge in [-0.2, -0.15) is 0 Å². The summed E-state index contributed by atoms with van der Waals surface area (Å²) in [6.07, 6.45) is 6.35. The maximum Gasteiger partial charge on any atom is 0.410 e. The standard InChI is InChI=1S/C18H21NO4/c20-17-11-10-16(23-17)15-9-5-2-6-12-19(15)18(21)22-13-14-7-3-1-4-8-14/h1,3-4,7-8,10-11,15-16H,2,5-6,9,12-13H2/t15-,16-/m1/s1. The van der Waals surface area contributed by atoms with Crippen LogP contribution >= 0.6 is 0 Å². The van der Waals surface area contributed by atoms with Crippen LogP contribution in [0, 0.1) is 0 Å². The SMILES string of the molecule is O=C1C=C[C@H]([C@H]2CCCCCN2C(=O)OCc2ccccc2)O1. The number of ether oxygens (including phenoxy) is 2. The summed E-state index contributed by atoms with van der Waals surface area (Å²) in [6, 6.07) is 9.48. The van der Waals surface area contributed by atoms with Crippen LogP contribution in [0.2, 0.25) is 0 Å². The molecule has 0 radical (unpaired) electrons. The van der Waals surface area contributed by atoms with Crippen LogP contribution in [0.3, 0.4) is 0 Å². The van der Waals surface area contributed by atoms with E-state index in [2.05, 4.69) is 0 Å². The average Bonchev–Trinajstić information content (AvgIpc) is 2.85. The van der Waals surface area contributed by atoms with Gasteiger partial charge in [-0.25, -0.2) is 9.59 Å². The molecular weight excluding hydrogens is 294 g/mol. The molecule has 2 atom stereocenters. The third-order valence-electron chi connectivity index (χ3n) is 4.29. The maximum atomic E-state index is 12.5. The zero-order chi connectivity index (χ0) is 16.1. The van der Waals surface area contributed by atoms with Crippen molar-refractivity contribution in [1.82, 2.24) is 4.90 Å². The smallest absolute Gasteiger partial charge is 0.410 e. The summed E-state index contributed by atoms with van der Waals surface area (Å²) in [6.45, 7) is 0.892. The highest BCUT2D eigenvalue weighted by molar-refractivity contribution is 5.84. The highest BCUT2D eigenvalue weighted by Crippen LogP contribution is 2.25. The van der Waals surface area contributed by atoms with E-state index < -0.39 is 0 Å². The van der Waals surface area contributed by atoms with E-state index in [0.717, 1.165) is 31.2 Å². The first-order chi connectivity index (χ1) is 11.2. The molecule has 5 heteroatoms. The van der Waals surface area contributed by atoms with Crippen LogP contribution in [0.4, 0.5) is 4.79 Å². The van der Waals surface area contributed by atoms with Crippen LogP contribution in [-0.2, 0) is 20.9 Å². The fourth-order valence-corrected chi connectivity index (χ4v) is 3.10. The lowest BCUT2D eigenvalue weighted by atomic mass is 10.0. The van der Waals surface area contributed by atoms with Gasteiger partial charge in [-0.3, -0.25) is 0 Å². The van der Waals surface area contributed by atoms with Gasteiger partial charge >= 0.3 is 12.1 Å². The number of carbonyl (C=O) groups excluding carboxylic acids is 2. The second kappa shape index (κ2) is 7.31. The molecule has 0 aliphatic carbocycles. The first kappa shape index (κ1) is 15.6. The summed E-state index contributed by atoms with van der Waals surface area (Å²) < 4.78 is 10.8. The molecule has 5 nitrogen and oxygen atoms in total. The van der Waals surface area contributed by atoms with Gasteiger partial charge in [-0.05, 0) is 24.5 Å². The van der Waals surface area contributed by atoms with Crippen molar-refractivity contribution in [2.75, 3.05) is 6.54 Å². The highest BCUT2D eigenvalue weighted by Gasteiger charge is 2.35. The van der Waals surface area contributed by atoms with Crippen molar-refractivity contribution in [2.24, 2.45) is 0 Å². The zero-order valence-corrected chi connectivity index (χ0v) is 13.0. The lowest BCUT2D eigenvalue weighted by Gasteiger charge is -2.32. The van der Waals surface area contributed by atoms with Crippen molar-refractivity contribution in [3.8, 4) is 0 Å². The van der Waals surface area contributed by atoms with Crippen molar-refractivity contribution in [3.63, 3.8) is 0 Å². The Morgan fingerprint density at radius 3 is 2.78 bits per heavy atom. The van der Waals surface area contributed by atoms with Crippen LogP contribution in [-0.4, -0.2) is 35.7 Å². The van der Waals surface area contributed by atoms with E-state index in [4.69, 9.17) is 9.47 Å². The molecule has 1 saturated heterocycles. The van der Waals surface area contributed by atoms with Gasteiger partial charge in [-0.1, -0.05) is 43.2 Å². The van der Waals surface area contributed by atoms with Crippen molar-refractivity contribution < 1.29 is 19.1 Å². The molecule has 0 bridgehead atoms. The third kappa shape index (κ3) is 3.92. The fraction of sp³-hybridized carbons (Fsp3) is 0.444. The Morgan fingerprint density at radius 1 is 1.22 bits per heavy atom. The minimum absolute atomic E-state index is 0.136. The summed E-state index contributed by atoms with van der Waals surface area (Å²) in [4.78, 5) is 25.6. The molecule has 1 aromatic carbocycles. The topological polar surface area (TPSA) is 55.8 Å². The molecule has 0 aromatic heterocycles. The summed E-state index contributed by atoms with van der Waals surface area (Å²) in [7, 11) is 0. The molecule has 0 unspecified atom stereocenters. The van der Waals surface area contributed by atoms with Crippen molar-refractivity contribution in [2.45, 2.75) is 44.4 Å². The molecule has 122 valence electrons. The predicted molar refractivity (Wildman–Crippen MR) is 84.6 cm³/mol. The van der Waals surface area contributed by atoms with E-state index in [1.54, 1.807) is 11.0 Å². The van der Waals surface area contributed by atoms with Crippen molar-refractivity contribution >= 4 is 12.1 Å². The molecule has 23 heavy (non-hydrogen) atoms. The zero-order valence-electron chi connectivity index (χ0n) is 13.0. The van der Waals surface area contributed by atoms with Gasteiger partial charge in [0.05, 0.1) is 6.04 Å². The molecule has 0 saturated carbocycles. The molecule has 1 amide bonds. The average molecular weight is 315 g/mol. The number of nitrogens with zero attached hydrogens (tertiary/aromatic N) is 1. The Balaban J connectivity index is 1.65. The van der Waals surface area contributed by atoms with Gasteiger partial charge in [0, 0.05) is 12.6 Å². The molecule has 0 N–H and O–H groups in total. The third-order valence-corrected chi connectivity index (χ3v) is 4.29.